The fraction of sp³-hybridized carbons (Fsp3) is 0.423. The molecule has 1 aromatic heterocycles. The molecule has 2 fully saturated rings. The zero-order chi connectivity index (χ0) is 23.2. The maximum atomic E-state index is 14.7. The molecular weight excluding hydrogens is 431 g/mol. The number of fused-ring (bicyclic) bond motifs is 1. The summed E-state index contributed by atoms with van der Waals surface area (Å²) in [5.41, 5.74) is 4.11. The summed E-state index contributed by atoms with van der Waals surface area (Å²) in [6.07, 6.45) is 7.31. The summed E-state index contributed by atoms with van der Waals surface area (Å²) < 4.78 is 20.7. The summed E-state index contributed by atoms with van der Waals surface area (Å²) in [6, 6.07) is 5.43. The summed E-state index contributed by atoms with van der Waals surface area (Å²) in [5.74, 6) is 3.08. The van der Waals surface area contributed by atoms with E-state index in [0.29, 0.717) is 23.9 Å². The Kier molecular flexibility index (Phi) is 5.32. The molecule has 0 unspecified atom stereocenters. The van der Waals surface area contributed by atoms with Gasteiger partial charge in [-0.2, -0.15) is 9.97 Å². The van der Waals surface area contributed by atoms with Crippen molar-refractivity contribution in [1.82, 2.24) is 14.9 Å². The lowest BCUT2D eigenvalue weighted by molar-refractivity contribution is 0.311. The van der Waals surface area contributed by atoms with Gasteiger partial charge in [0, 0.05) is 38.3 Å². The van der Waals surface area contributed by atoms with Crippen LogP contribution in [0.1, 0.15) is 30.9 Å². The van der Waals surface area contributed by atoms with Crippen molar-refractivity contribution in [2.24, 2.45) is 10.9 Å². The van der Waals surface area contributed by atoms with Crippen LogP contribution in [0.25, 0.3) is 6.08 Å². The SMILES string of the molecule is CC1=Cc2cc(Oc3nc(NC4=NCC(C5CC5)=C4)cc(N4CCN(C)CC4)n3)cc(F)c2C1. The second-order valence-corrected chi connectivity index (χ2v) is 9.75. The number of rotatable bonds is 5. The standard InChI is InChI=1S/C26H29FN6O/c1-16-9-18-11-20(13-22(27)21(18)10-16)34-26-30-24(29-23-12-19(15-28-23)17-3-4-17)14-25(31-26)33-7-5-32(2)6-8-33/h9,11-14,17H,3-8,10,15H2,1-2H3,(H,28,29,30,31). The molecule has 8 heteroatoms. The molecule has 0 amide bonds. The van der Waals surface area contributed by atoms with Crippen molar-refractivity contribution in [3.8, 4) is 11.8 Å². The number of hydrogen-bond acceptors (Lipinski definition) is 7. The number of aromatic nitrogens is 2. The molecule has 1 saturated heterocycles. The van der Waals surface area contributed by atoms with Crippen LogP contribution in [-0.2, 0) is 6.42 Å². The molecule has 34 heavy (non-hydrogen) atoms. The highest BCUT2D eigenvalue weighted by molar-refractivity contribution is 6.05. The van der Waals surface area contributed by atoms with Crippen LogP contribution in [0.5, 0.6) is 11.8 Å². The highest BCUT2D eigenvalue weighted by Gasteiger charge is 2.28. The zero-order valence-electron chi connectivity index (χ0n) is 19.6. The number of hydrogen-bond donors (Lipinski definition) is 1. The van der Waals surface area contributed by atoms with Crippen LogP contribution in [0.4, 0.5) is 16.0 Å². The second-order valence-electron chi connectivity index (χ2n) is 9.75. The smallest absolute Gasteiger partial charge is 0.325 e. The van der Waals surface area contributed by atoms with Crippen LogP contribution in [0.15, 0.2) is 40.4 Å². The van der Waals surface area contributed by atoms with E-state index in [0.717, 1.165) is 61.1 Å². The summed E-state index contributed by atoms with van der Waals surface area (Å²) in [6.45, 7) is 6.44. The normalized spacial score (nSPS) is 20.1. The fourth-order valence-electron chi connectivity index (χ4n) is 4.78. The predicted molar refractivity (Wildman–Crippen MR) is 132 cm³/mol. The lowest BCUT2D eigenvalue weighted by atomic mass is 10.1. The molecular formula is C26H29FN6O. The molecule has 2 aliphatic carbocycles. The monoisotopic (exact) mass is 460 g/mol. The number of nitrogens with one attached hydrogen (secondary N) is 1. The molecule has 0 radical (unpaired) electrons. The Labute approximate surface area is 199 Å². The van der Waals surface area contributed by atoms with Crippen LogP contribution >= 0.6 is 0 Å². The molecule has 0 bridgehead atoms. The van der Waals surface area contributed by atoms with E-state index in [-0.39, 0.29) is 11.8 Å². The average molecular weight is 461 g/mol. The topological polar surface area (TPSA) is 65.9 Å². The number of anilines is 2. The van der Waals surface area contributed by atoms with Gasteiger partial charge in [-0.25, -0.2) is 4.39 Å². The third-order valence-electron chi connectivity index (χ3n) is 6.90. The molecule has 176 valence electrons. The van der Waals surface area contributed by atoms with Crippen molar-refractivity contribution in [3.05, 3.63) is 52.4 Å². The minimum Gasteiger partial charge on any atom is -0.424 e. The minimum absolute atomic E-state index is 0.196. The highest BCUT2D eigenvalue weighted by atomic mass is 19.1. The first kappa shape index (κ1) is 21.3. The number of aliphatic imine (C=N–C) groups is 1. The summed E-state index contributed by atoms with van der Waals surface area (Å²) >= 11 is 0. The first-order valence-electron chi connectivity index (χ1n) is 12.0. The van der Waals surface area contributed by atoms with Crippen molar-refractivity contribution in [2.75, 3.05) is 50.0 Å². The van der Waals surface area contributed by atoms with E-state index in [2.05, 4.69) is 43.2 Å². The van der Waals surface area contributed by atoms with E-state index in [9.17, 15) is 4.39 Å². The van der Waals surface area contributed by atoms with Crippen LogP contribution < -0.4 is 15.0 Å². The first-order valence-corrected chi connectivity index (χ1v) is 12.0. The van der Waals surface area contributed by atoms with Gasteiger partial charge in [-0.3, -0.25) is 4.99 Å². The van der Waals surface area contributed by atoms with Gasteiger partial charge < -0.3 is 19.9 Å². The van der Waals surface area contributed by atoms with Crippen molar-refractivity contribution in [1.29, 1.82) is 0 Å². The van der Waals surface area contributed by atoms with Gasteiger partial charge in [-0.1, -0.05) is 11.6 Å². The molecule has 1 aromatic carbocycles. The van der Waals surface area contributed by atoms with Gasteiger partial charge in [0.05, 0.1) is 6.54 Å². The van der Waals surface area contributed by atoms with Crippen LogP contribution in [0.2, 0.25) is 0 Å². The summed E-state index contributed by atoms with van der Waals surface area (Å²) in [4.78, 5) is 18.4. The Morgan fingerprint density at radius 2 is 1.88 bits per heavy atom. The predicted octanol–water partition coefficient (Wildman–Crippen LogP) is 4.28. The van der Waals surface area contributed by atoms with Gasteiger partial charge >= 0.3 is 6.01 Å². The van der Waals surface area contributed by atoms with Gasteiger partial charge in [0.25, 0.3) is 0 Å². The van der Waals surface area contributed by atoms with Crippen LogP contribution in [0, 0.1) is 11.7 Å². The van der Waals surface area contributed by atoms with Gasteiger partial charge in [0.1, 0.15) is 29.0 Å². The first-order chi connectivity index (χ1) is 16.5. The lowest BCUT2D eigenvalue weighted by Crippen LogP contribution is -2.44. The van der Waals surface area contributed by atoms with Crippen LogP contribution in [0.3, 0.4) is 0 Å². The number of likely N-dealkylation sites (N-methyl/N-ethyl adjacent to an activating group) is 1. The summed E-state index contributed by atoms with van der Waals surface area (Å²) in [7, 11) is 2.12. The van der Waals surface area contributed by atoms with E-state index in [4.69, 9.17) is 4.74 Å². The number of benzene rings is 1. The lowest BCUT2D eigenvalue weighted by Gasteiger charge is -2.33. The minimum atomic E-state index is -0.257. The molecule has 0 spiro atoms. The second kappa shape index (κ2) is 8.51. The molecule has 1 N–H and O–H groups in total. The van der Waals surface area contributed by atoms with Gasteiger partial charge in [0.15, 0.2) is 0 Å². The third-order valence-corrected chi connectivity index (χ3v) is 6.90. The number of nitrogens with zero attached hydrogens (tertiary/aromatic N) is 5. The van der Waals surface area contributed by atoms with Crippen molar-refractivity contribution in [2.45, 2.75) is 26.2 Å². The van der Waals surface area contributed by atoms with E-state index >= 15 is 0 Å². The van der Waals surface area contributed by atoms with Gasteiger partial charge in [0.2, 0.25) is 0 Å². The molecule has 2 aliphatic heterocycles. The Morgan fingerprint density at radius 3 is 2.68 bits per heavy atom. The molecule has 1 saturated carbocycles. The zero-order valence-corrected chi connectivity index (χ0v) is 19.6. The number of piperazine rings is 1. The molecule has 2 aromatic rings. The Morgan fingerprint density at radius 1 is 1.06 bits per heavy atom. The van der Waals surface area contributed by atoms with E-state index in [1.54, 1.807) is 0 Å². The Balaban J connectivity index is 1.29. The quantitative estimate of drug-likeness (QED) is 0.719. The fourth-order valence-corrected chi connectivity index (χ4v) is 4.78. The number of halogens is 1. The number of amidine groups is 1. The van der Waals surface area contributed by atoms with E-state index in [1.807, 2.05) is 25.1 Å². The number of ether oxygens (including phenoxy) is 1. The van der Waals surface area contributed by atoms with Crippen molar-refractivity contribution < 1.29 is 9.13 Å². The average Bonchev–Trinajstić information content (AvgIpc) is 3.43. The maximum absolute atomic E-state index is 14.7. The highest BCUT2D eigenvalue weighted by Crippen LogP contribution is 2.38. The van der Waals surface area contributed by atoms with E-state index < -0.39 is 0 Å². The Bertz CT molecular complexity index is 1220. The molecule has 0 atom stereocenters. The largest absolute Gasteiger partial charge is 0.424 e. The van der Waals surface area contributed by atoms with Gasteiger partial charge in [-0.15, -0.1) is 0 Å². The molecule has 3 heterocycles. The van der Waals surface area contributed by atoms with Crippen LogP contribution in [-0.4, -0.2) is 60.5 Å². The Hall–Kier alpha value is -3.26. The van der Waals surface area contributed by atoms with E-state index in [1.165, 1.54) is 24.5 Å². The third kappa shape index (κ3) is 4.42. The molecule has 6 rings (SSSR count). The van der Waals surface area contributed by atoms with Gasteiger partial charge in [-0.05, 0) is 68.0 Å². The summed E-state index contributed by atoms with van der Waals surface area (Å²) in [5, 5.41) is 3.35. The molecule has 4 aliphatic rings. The van der Waals surface area contributed by atoms with Crippen molar-refractivity contribution in [3.63, 3.8) is 0 Å². The number of allylic oxidation sites excluding steroid dienone is 1. The maximum Gasteiger partial charge on any atom is 0.325 e. The molecule has 7 nitrogen and oxygen atoms in total. The van der Waals surface area contributed by atoms with Crippen molar-refractivity contribution >= 4 is 23.5 Å².